The SMILES string of the molecule is O=c1nc(Cl)cc2n1CCOC2. The lowest BCUT2D eigenvalue weighted by atomic mass is 10.3. The largest absolute Gasteiger partial charge is 0.373 e. The number of aromatic nitrogens is 2. The minimum atomic E-state index is -0.291. The topological polar surface area (TPSA) is 44.1 Å². The maximum absolute atomic E-state index is 11.2. The third-order valence-corrected chi connectivity index (χ3v) is 1.97. The highest BCUT2D eigenvalue weighted by Crippen LogP contribution is 2.09. The lowest BCUT2D eigenvalue weighted by molar-refractivity contribution is 0.0817. The van der Waals surface area contributed by atoms with Crippen molar-refractivity contribution in [1.82, 2.24) is 9.55 Å². The summed E-state index contributed by atoms with van der Waals surface area (Å²) in [6, 6.07) is 1.65. The van der Waals surface area contributed by atoms with Gasteiger partial charge in [-0.25, -0.2) is 4.79 Å². The predicted octanol–water partition coefficient (Wildman–Crippen LogP) is 0.427. The van der Waals surface area contributed by atoms with Crippen molar-refractivity contribution in [3.63, 3.8) is 0 Å². The molecule has 0 aromatic carbocycles. The van der Waals surface area contributed by atoms with Crippen molar-refractivity contribution in [3.05, 3.63) is 27.4 Å². The summed E-state index contributed by atoms with van der Waals surface area (Å²) in [5.41, 5.74) is 0.507. The lowest BCUT2D eigenvalue weighted by Gasteiger charge is -2.17. The quantitative estimate of drug-likeness (QED) is 0.552. The first-order chi connectivity index (χ1) is 5.77. The zero-order valence-electron chi connectivity index (χ0n) is 6.29. The monoisotopic (exact) mass is 186 g/mol. The molecule has 0 unspecified atom stereocenters. The summed E-state index contributed by atoms with van der Waals surface area (Å²) in [4.78, 5) is 14.8. The minimum Gasteiger partial charge on any atom is -0.373 e. The van der Waals surface area contributed by atoms with Crippen LogP contribution in [0.5, 0.6) is 0 Å². The van der Waals surface area contributed by atoms with Gasteiger partial charge in [0, 0.05) is 0 Å². The molecule has 4 nitrogen and oxygen atoms in total. The van der Waals surface area contributed by atoms with E-state index < -0.39 is 0 Å². The fraction of sp³-hybridized carbons (Fsp3) is 0.429. The van der Waals surface area contributed by atoms with Crippen LogP contribution in [0.15, 0.2) is 10.9 Å². The van der Waals surface area contributed by atoms with Crippen LogP contribution in [0.4, 0.5) is 0 Å². The number of hydrogen-bond donors (Lipinski definition) is 0. The Labute approximate surface area is 73.7 Å². The molecule has 2 heterocycles. The highest BCUT2D eigenvalue weighted by Gasteiger charge is 2.11. The lowest BCUT2D eigenvalue weighted by Crippen LogP contribution is -2.31. The van der Waals surface area contributed by atoms with Crippen molar-refractivity contribution >= 4 is 11.6 Å². The minimum absolute atomic E-state index is 0.233. The summed E-state index contributed by atoms with van der Waals surface area (Å²) >= 11 is 5.60. The molecule has 0 saturated heterocycles. The van der Waals surface area contributed by atoms with Crippen LogP contribution in [-0.2, 0) is 17.9 Å². The van der Waals surface area contributed by atoms with Crippen molar-refractivity contribution in [2.75, 3.05) is 6.61 Å². The second-order valence-corrected chi connectivity index (χ2v) is 2.94. The summed E-state index contributed by atoms with van der Waals surface area (Å²) in [6.45, 7) is 1.58. The van der Waals surface area contributed by atoms with E-state index in [0.29, 0.717) is 19.8 Å². The van der Waals surface area contributed by atoms with Crippen LogP contribution in [0, 0.1) is 0 Å². The van der Waals surface area contributed by atoms with E-state index in [1.807, 2.05) is 0 Å². The molecule has 0 atom stereocenters. The Hall–Kier alpha value is -0.870. The van der Waals surface area contributed by atoms with Gasteiger partial charge in [-0.1, -0.05) is 11.6 Å². The van der Waals surface area contributed by atoms with Gasteiger partial charge in [0.2, 0.25) is 0 Å². The van der Waals surface area contributed by atoms with Crippen molar-refractivity contribution < 1.29 is 4.74 Å². The molecular formula is C7H7ClN2O2. The van der Waals surface area contributed by atoms with Crippen molar-refractivity contribution in [3.8, 4) is 0 Å². The van der Waals surface area contributed by atoms with Gasteiger partial charge in [-0.3, -0.25) is 4.57 Å². The normalized spacial score (nSPS) is 15.8. The van der Waals surface area contributed by atoms with Crippen LogP contribution in [0.2, 0.25) is 5.15 Å². The van der Waals surface area contributed by atoms with Crippen molar-refractivity contribution in [2.45, 2.75) is 13.2 Å². The van der Waals surface area contributed by atoms with Crippen LogP contribution < -0.4 is 5.69 Å². The van der Waals surface area contributed by atoms with Gasteiger partial charge < -0.3 is 4.74 Å². The van der Waals surface area contributed by atoms with E-state index in [0.717, 1.165) is 5.69 Å². The zero-order valence-corrected chi connectivity index (χ0v) is 7.04. The molecule has 0 bridgehead atoms. The van der Waals surface area contributed by atoms with Gasteiger partial charge in [-0.2, -0.15) is 4.98 Å². The fourth-order valence-corrected chi connectivity index (χ4v) is 1.41. The summed E-state index contributed by atoms with van der Waals surface area (Å²) in [7, 11) is 0. The maximum Gasteiger partial charge on any atom is 0.349 e. The van der Waals surface area contributed by atoms with Gasteiger partial charge in [-0.15, -0.1) is 0 Å². The Morgan fingerprint density at radius 2 is 2.50 bits per heavy atom. The number of hydrogen-bond acceptors (Lipinski definition) is 3. The predicted molar refractivity (Wildman–Crippen MR) is 43.2 cm³/mol. The summed E-state index contributed by atoms with van der Waals surface area (Å²) < 4.78 is 6.74. The van der Waals surface area contributed by atoms with Gasteiger partial charge in [0.25, 0.3) is 0 Å². The van der Waals surface area contributed by atoms with Crippen LogP contribution in [0.1, 0.15) is 5.69 Å². The van der Waals surface area contributed by atoms with Crippen molar-refractivity contribution in [2.24, 2.45) is 0 Å². The standard InChI is InChI=1S/C7H7ClN2O2/c8-6-3-5-4-12-2-1-10(5)7(11)9-6/h3H,1-2,4H2. The molecular weight excluding hydrogens is 180 g/mol. The molecule has 0 spiro atoms. The van der Waals surface area contributed by atoms with Gasteiger partial charge in [-0.05, 0) is 6.07 Å². The van der Waals surface area contributed by atoms with E-state index in [4.69, 9.17) is 16.3 Å². The third kappa shape index (κ3) is 1.23. The van der Waals surface area contributed by atoms with Gasteiger partial charge in [0.1, 0.15) is 5.15 Å². The summed E-state index contributed by atoms with van der Waals surface area (Å²) in [6.07, 6.45) is 0. The number of fused-ring (bicyclic) bond motifs is 1. The number of nitrogens with zero attached hydrogens (tertiary/aromatic N) is 2. The molecule has 0 N–H and O–H groups in total. The number of halogens is 1. The maximum atomic E-state index is 11.2. The smallest absolute Gasteiger partial charge is 0.349 e. The average molecular weight is 187 g/mol. The Morgan fingerprint density at radius 1 is 1.67 bits per heavy atom. The van der Waals surface area contributed by atoms with Gasteiger partial charge in [0.05, 0.1) is 25.5 Å². The van der Waals surface area contributed by atoms with E-state index in [1.165, 1.54) is 0 Å². The first kappa shape index (κ1) is 7.76. The first-order valence-corrected chi connectivity index (χ1v) is 3.99. The Morgan fingerprint density at radius 3 is 3.33 bits per heavy atom. The van der Waals surface area contributed by atoms with E-state index in [-0.39, 0.29) is 10.8 Å². The molecule has 0 radical (unpaired) electrons. The van der Waals surface area contributed by atoms with Crippen LogP contribution >= 0.6 is 11.6 Å². The van der Waals surface area contributed by atoms with Gasteiger partial charge in [0.15, 0.2) is 0 Å². The molecule has 5 heteroatoms. The second kappa shape index (κ2) is 2.88. The molecule has 0 amide bonds. The van der Waals surface area contributed by atoms with Gasteiger partial charge >= 0.3 is 5.69 Å². The van der Waals surface area contributed by atoms with E-state index in [1.54, 1.807) is 10.6 Å². The van der Waals surface area contributed by atoms with Crippen LogP contribution in [0.25, 0.3) is 0 Å². The average Bonchev–Trinajstić information content (AvgIpc) is 2.04. The van der Waals surface area contributed by atoms with E-state index >= 15 is 0 Å². The summed E-state index contributed by atoms with van der Waals surface area (Å²) in [5, 5.41) is 0.233. The molecule has 1 aliphatic heterocycles. The molecule has 0 aliphatic carbocycles. The van der Waals surface area contributed by atoms with Crippen LogP contribution in [-0.4, -0.2) is 16.2 Å². The molecule has 0 saturated carbocycles. The van der Waals surface area contributed by atoms with Crippen molar-refractivity contribution in [1.29, 1.82) is 0 Å². The molecule has 1 aromatic heterocycles. The number of rotatable bonds is 0. The summed E-state index contributed by atoms with van der Waals surface area (Å²) in [5.74, 6) is 0. The highest BCUT2D eigenvalue weighted by molar-refractivity contribution is 6.29. The fourth-order valence-electron chi connectivity index (χ4n) is 1.21. The highest BCUT2D eigenvalue weighted by atomic mass is 35.5. The van der Waals surface area contributed by atoms with E-state index in [2.05, 4.69) is 4.98 Å². The molecule has 1 aliphatic rings. The third-order valence-electron chi connectivity index (χ3n) is 1.77. The molecule has 2 rings (SSSR count). The Bertz CT molecular complexity index is 361. The number of ether oxygens (including phenoxy) is 1. The van der Waals surface area contributed by atoms with E-state index in [9.17, 15) is 4.79 Å². The zero-order chi connectivity index (χ0) is 8.55. The second-order valence-electron chi connectivity index (χ2n) is 2.56. The molecule has 0 fully saturated rings. The Balaban J connectivity index is 2.60. The molecule has 1 aromatic rings. The van der Waals surface area contributed by atoms with Crippen LogP contribution in [0.3, 0.4) is 0 Å². The molecule has 12 heavy (non-hydrogen) atoms. The molecule has 64 valence electrons. The Kier molecular flexibility index (Phi) is 1.86. The first-order valence-electron chi connectivity index (χ1n) is 3.61.